The Hall–Kier alpha value is -3.43. The van der Waals surface area contributed by atoms with E-state index in [-0.39, 0.29) is 11.4 Å². The van der Waals surface area contributed by atoms with E-state index in [1.165, 1.54) is 0 Å². The minimum Gasteiger partial charge on any atom is -0.496 e. The fourth-order valence-corrected chi connectivity index (χ4v) is 3.48. The summed E-state index contributed by atoms with van der Waals surface area (Å²) in [6.45, 7) is 1.88. The van der Waals surface area contributed by atoms with Crippen molar-refractivity contribution < 1.29 is 14.2 Å². The van der Waals surface area contributed by atoms with Crippen molar-refractivity contribution in [3.05, 3.63) is 52.5 Å². The molecule has 0 radical (unpaired) electrons. The van der Waals surface area contributed by atoms with Crippen molar-refractivity contribution in [2.24, 2.45) is 0 Å². The van der Waals surface area contributed by atoms with Crippen molar-refractivity contribution in [2.75, 3.05) is 27.1 Å². The van der Waals surface area contributed by atoms with Gasteiger partial charge in [-0.2, -0.15) is 5.26 Å². The monoisotopic (exact) mass is 409 g/mol. The molecule has 3 aromatic rings. The summed E-state index contributed by atoms with van der Waals surface area (Å²) in [5.41, 5.74) is 9.78. The molecule has 0 aliphatic rings. The van der Waals surface area contributed by atoms with E-state index < -0.39 is 0 Å². The molecule has 3 rings (SSSR count). The van der Waals surface area contributed by atoms with Crippen molar-refractivity contribution in [3.63, 3.8) is 0 Å². The number of nitriles is 1. The van der Waals surface area contributed by atoms with Gasteiger partial charge >= 0.3 is 0 Å². The van der Waals surface area contributed by atoms with E-state index in [0.717, 1.165) is 11.1 Å². The Morgan fingerprint density at radius 3 is 2.17 bits per heavy atom. The van der Waals surface area contributed by atoms with Crippen LogP contribution in [0.4, 0.5) is 5.82 Å². The molecule has 0 saturated heterocycles. The number of nitrogens with two attached hydrogens (primary N) is 1. The van der Waals surface area contributed by atoms with Gasteiger partial charge in [0.15, 0.2) is 0 Å². The molecule has 29 heavy (non-hydrogen) atoms. The fraction of sp³-hybridized carbons (Fsp3) is 0.182. The van der Waals surface area contributed by atoms with Crippen LogP contribution in [0.2, 0.25) is 5.02 Å². The van der Waals surface area contributed by atoms with Crippen LogP contribution in [0, 0.1) is 18.3 Å². The van der Waals surface area contributed by atoms with Gasteiger partial charge in [-0.3, -0.25) is 0 Å². The second kappa shape index (κ2) is 8.29. The quantitative estimate of drug-likeness (QED) is 0.647. The number of halogens is 1. The van der Waals surface area contributed by atoms with Crippen LogP contribution in [-0.4, -0.2) is 26.3 Å². The summed E-state index contributed by atoms with van der Waals surface area (Å²) in [6.07, 6.45) is 0. The molecular weight excluding hydrogens is 390 g/mol. The topological polar surface area (TPSA) is 90.4 Å². The Kier molecular flexibility index (Phi) is 5.81. The number of pyridine rings is 1. The van der Waals surface area contributed by atoms with Gasteiger partial charge in [-0.1, -0.05) is 23.7 Å². The van der Waals surface area contributed by atoms with Crippen LogP contribution >= 0.6 is 11.6 Å². The van der Waals surface area contributed by atoms with Crippen LogP contribution in [0.15, 0.2) is 36.4 Å². The maximum Gasteiger partial charge on any atom is 0.142 e. The molecule has 1 heterocycles. The highest BCUT2D eigenvalue weighted by Gasteiger charge is 2.25. The maximum atomic E-state index is 9.82. The first-order valence-electron chi connectivity index (χ1n) is 8.71. The van der Waals surface area contributed by atoms with E-state index >= 15 is 0 Å². The number of methoxy groups -OCH3 is 3. The van der Waals surface area contributed by atoms with Gasteiger partial charge in [0.05, 0.1) is 32.6 Å². The predicted octanol–water partition coefficient (Wildman–Crippen LogP) is 4.86. The van der Waals surface area contributed by atoms with Crippen LogP contribution in [0.25, 0.3) is 22.4 Å². The van der Waals surface area contributed by atoms with Gasteiger partial charge in [0.1, 0.15) is 34.7 Å². The van der Waals surface area contributed by atoms with Gasteiger partial charge in [-0.25, -0.2) is 4.98 Å². The minimum atomic E-state index is 0.114. The molecule has 1 aromatic heterocycles. The molecule has 0 amide bonds. The number of anilines is 1. The van der Waals surface area contributed by atoms with E-state index in [1.54, 1.807) is 45.6 Å². The summed E-state index contributed by atoms with van der Waals surface area (Å²) in [7, 11) is 4.64. The third-order valence-corrected chi connectivity index (χ3v) is 4.88. The minimum absolute atomic E-state index is 0.114. The van der Waals surface area contributed by atoms with Crippen molar-refractivity contribution >= 4 is 17.4 Å². The van der Waals surface area contributed by atoms with Crippen molar-refractivity contribution in [1.82, 2.24) is 4.98 Å². The standard InChI is InChI=1S/C22H20ClN3O3/c1-12-19(20-17(28-3)9-15(27-2)10-18(20)29-4)16(11-24)22(25)26-21(12)13-6-5-7-14(23)8-13/h5-10H,1-4H3,(H2,25,26). The average molecular weight is 410 g/mol. The number of ether oxygens (including phenoxy) is 3. The molecule has 2 N–H and O–H groups in total. The van der Waals surface area contributed by atoms with E-state index in [4.69, 9.17) is 31.5 Å². The lowest BCUT2D eigenvalue weighted by atomic mass is 9.91. The number of nitrogens with zero attached hydrogens (tertiary/aromatic N) is 2. The largest absolute Gasteiger partial charge is 0.496 e. The van der Waals surface area contributed by atoms with Crippen LogP contribution in [0.1, 0.15) is 11.1 Å². The molecule has 7 heteroatoms. The number of hydrogen-bond donors (Lipinski definition) is 1. The molecule has 0 aliphatic heterocycles. The van der Waals surface area contributed by atoms with Gasteiger partial charge in [-0.05, 0) is 24.6 Å². The van der Waals surface area contributed by atoms with Crippen LogP contribution in [-0.2, 0) is 0 Å². The Morgan fingerprint density at radius 2 is 1.66 bits per heavy atom. The van der Waals surface area contributed by atoms with Gasteiger partial charge in [0.25, 0.3) is 0 Å². The smallest absolute Gasteiger partial charge is 0.142 e. The van der Waals surface area contributed by atoms with E-state index in [2.05, 4.69) is 11.1 Å². The second-order valence-corrected chi connectivity index (χ2v) is 6.69. The lowest BCUT2D eigenvalue weighted by molar-refractivity contribution is 0.377. The SMILES string of the molecule is COc1cc(OC)c(-c2c(C)c(-c3cccc(Cl)c3)nc(N)c2C#N)c(OC)c1. The number of nitrogen functional groups attached to an aromatic ring is 1. The maximum absolute atomic E-state index is 9.82. The zero-order valence-electron chi connectivity index (χ0n) is 16.5. The summed E-state index contributed by atoms with van der Waals surface area (Å²) < 4.78 is 16.5. The van der Waals surface area contributed by atoms with Crippen LogP contribution in [0.3, 0.4) is 0 Å². The van der Waals surface area contributed by atoms with Gasteiger partial charge in [-0.15, -0.1) is 0 Å². The molecule has 148 valence electrons. The highest BCUT2D eigenvalue weighted by Crippen LogP contribution is 2.46. The number of benzene rings is 2. The molecule has 0 bridgehead atoms. The average Bonchev–Trinajstić information content (AvgIpc) is 2.73. The van der Waals surface area contributed by atoms with Crippen LogP contribution in [0.5, 0.6) is 17.2 Å². The molecule has 0 saturated carbocycles. The first-order chi connectivity index (χ1) is 13.9. The third-order valence-electron chi connectivity index (χ3n) is 4.64. The predicted molar refractivity (Wildman–Crippen MR) is 114 cm³/mol. The van der Waals surface area contributed by atoms with Crippen molar-refractivity contribution in [1.29, 1.82) is 5.26 Å². The molecule has 0 atom stereocenters. The molecule has 0 unspecified atom stereocenters. The van der Waals surface area contributed by atoms with Crippen molar-refractivity contribution in [3.8, 4) is 45.7 Å². The third kappa shape index (κ3) is 3.65. The summed E-state index contributed by atoms with van der Waals surface area (Å²) in [4.78, 5) is 4.48. The summed E-state index contributed by atoms with van der Waals surface area (Å²) in [5.74, 6) is 1.66. The molecule has 0 fully saturated rings. The Balaban J connectivity index is 2.43. The zero-order valence-corrected chi connectivity index (χ0v) is 17.3. The highest BCUT2D eigenvalue weighted by atomic mass is 35.5. The molecule has 6 nitrogen and oxygen atoms in total. The normalized spacial score (nSPS) is 10.3. The summed E-state index contributed by atoms with van der Waals surface area (Å²) in [6, 6.07) is 12.9. The van der Waals surface area contributed by atoms with Gasteiger partial charge < -0.3 is 19.9 Å². The number of aromatic nitrogens is 1. The van der Waals surface area contributed by atoms with E-state index in [1.807, 2.05) is 19.1 Å². The molecule has 2 aromatic carbocycles. The summed E-state index contributed by atoms with van der Waals surface area (Å²) >= 11 is 6.17. The number of hydrogen-bond acceptors (Lipinski definition) is 6. The van der Waals surface area contributed by atoms with Crippen LogP contribution < -0.4 is 19.9 Å². The Morgan fingerprint density at radius 1 is 1.00 bits per heavy atom. The first kappa shape index (κ1) is 20.3. The Labute approximate surface area is 174 Å². The number of rotatable bonds is 5. The molecule has 0 spiro atoms. The molecule has 0 aliphatic carbocycles. The van der Waals surface area contributed by atoms with E-state index in [9.17, 15) is 5.26 Å². The lowest BCUT2D eigenvalue weighted by Gasteiger charge is -2.20. The first-order valence-corrected chi connectivity index (χ1v) is 9.09. The van der Waals surface area contributed by atoms with Gasteiger partial charge in [0.2, 0.25) is 0 Å². The second-order valence-electron chi connectivity index (χ2n) is 6.25. The lowest BCUT2D eigenvalue weighted by Crippen LogP contribution is -2.05. The highest BCUT2D eigenvalue weighted by molar-refractivity contribution is 6.30. The van der Waals surface area contributed by atoms with Gasteiger partial charge in [0, 0.05) is 28.3 Å². The Bertz CT molecular complexity index is 1100. The summed E-state index contributed by atoms with van der Waals surface area (Å²) in [5, 5.41) is 10.4. The van der Waals surface area contributed by atoms with E-state index in [0.29, 0.717) is 39.1 Å². The molecular formula is C22H20ClN3O3. The van der Waals surface area contributed by atoms with Crippen molar-refractivity contribution in [2.45, 2.75) is 6.92 Å². The zero-order chi connectivity index (χ0) is 21.1. The fourth-order valence-electron chi connectivity index (χ4n) is 3.29.